The molecule has 0 spiro atoms. The minimum atomic E-state index is 0.683. The van der Waals surface area contributed by atoms with Crippen molar-refractivity contribution in [2.45, 2.75) is 26.3 Å². The van der Waals surface area contributed by atoms with Crippen LogP contribution in [-0.4, -0.2) is 30.7 Å². The Hall–Kier alpha value is -1.09. The fourth-order valence-electron chi connectivity index (χ4n) is 2.95. The van der Waals surface area contributed by atoms with Crippen molar-refractivity contribution < 1.29 is 0 Å². The van der Waals surface area contributed by atoms with Crippen molar-refractivity contribution in [3.8, 4) is 0 Å². The molecule has 1 aromatic rings. The number of nitrogens with one attached hydrogen (secondary N) is 1. The number of hydrogen-bond acceptors (Lipinski definition) is 3. The highest BCUT2D eigenvalue weighted by Gasteiger charge is 2.40. The molecule has 86 valence electrons. The molecule has 0 radical (unpaired) electrons. The standard InChI is InChI=1S/C13H19N3/c1-9-5-10(2)15-13(6-9)16-8-11-3-4-14-7-12(11)16/h5-6,11-12,14H,3-4,7-8H2,1-2H3. The Morgan fingerprint density at radius 3 is 3.00 bits per heavy atom. The van der Waals surface area contributed by atoms with Crippen molar-refractivity contribution in [1.29, 1.82) is 0 Å². The second kappa shape index (κ2) is 3.74. The van der Waals surface area contributed by atoms with Crippen LogP contribution in [0.5, 0.6) is 0 Å². The molecule has 0 bridgehead atoms. The van der Waals surface area contributed by atoms with E-state index in [2.05, 4.69) is 41.2 Å². The van der Waals surface area contributed by atoms with Crippen LogP contribution >= 0.6 is 0 Å². The average Bonchev–Trinajstić information content (AvgIpc) is 2.18. The van der Waals surface area contributed by atoms with Gasteiger partial charge in [-0.3, -0.25) is 0 Å². The molecule has 2 atom stereocenters. The summed E-state index contributed by atoms with van der Waals surface area (Å²) in [6.45, 7) is 7.73. The largest absolute Gasteiger partial charge is 0.352 e. The predicted octanol–water partition coefficient (Wildman–Crippen LogP) is 1.50. The van der Waals surface area contributed by atoms with E-state index in [1.165, 1.54) is 30.9 Å². The summed E-state index contributed by atoms with van der Waals surface area (Å²) < 4.78 is 0. The summed E-state index contributed by atoms with van der Waals surface area (Å²) in [6, 6.07) is 5.03. The van der Waals surface area contributed by atoms with Gasteiger partial charge in [0.2, 0.25) is 0 Å². The lowest BCUT2D eigenvalue weighted by Crippen LogP contribution is -2.64. The maximum atomic E-state index is 4.65. The molecule has 0 aliphatic carbocycles. The van der Waals surface area contributed by atoms with Gasteiger partial charge in [-0.25, -0.2) is 4.98 Å². The van der Waals surface area contributed by atoms with Crippen molar-refractivity contribution in [3.05, 3.63) is 23.4 Å². The molecule has 3 rings (SSSR count). The van der Waals surface area contributed by atoms with Gasteiger partial charge in [-0.2, -0.15) is 0 Å². The maximum absolute atomic E-state index is 4.65. The first-order valence-electron chi connectivity index (χ1n) is 6.17. The van der Waals surface area contributed by atoms with Crippen LogP contribution in [0.2, 0.25) is 0 Å². The molecule has 3 heteroatoms. The van der Waals surface area contributed by atoms with E-state index in [0.29, 0.717) is 6.04 Å². The first-order valence-corrected chi connectivity index (χ1v) is 6.17. The SMILES string of the molecule is Cc1cc(C)nc(N2CC3CCNCC32)c1. The molecule has 2 aliphatic rings. The lowest BCUT2D eigenvalue weighted by Gasteiger charge is -2.51. The maximum Gasteiger partial charge on any atom is 0.129 e. The van der Waals surface area contributed by atoms with E-state index in [-0.39, 0.29) is 0 Å². The Bertz CT molecular complexity index is 382. The molecular weight excluding hydrogens is 198 g/mol. The number of hydrogen-bond donors (Lipinski definition) is 1. The Labute approximate surface area is 96.9 Å². The van der Waals surface area contributed by atoms with Crippen LogP contribution in [-0.2, 0) is 0 Å². The van der Waals surface area contributed by atoms with Gasteiger partial charge in [0.05, 0.1) is 0 Å². The van der Waals surface area contributed by atoms with Gasteiger partial charge in [-0.1, -0.05) is 0 Å². The van der Waals surface area contributed by atoms with Gasteiger partial charge < -0.3 is 10.2 Å². The van der Waals surface area contributed by atoms with E-state index >= 15 is 0 Å². The first-order chi connectivity index (χ1) is 7.74. The number of fused-ring (bicyclic) bond motifs is 1. The molecule has 1 aromatic heterocycles. The Morgan fingerprint density at radius 1 is 1.38 bits per heavy atom. The molecule has 2 fully saturated rings. The van der Waals surface area contributed by atoms with Crippen molar-refractivity contribution in [3.63, 3.8) is 0 Å². The van der Waals surface area contributed by atoms with E-state index in [4.69, 9.17) is 0 Å². The summed E-state index contributed by atoms with van der Waals surface area (Å²) in [5, 5.41) is 3.48. The molecule has 2 unspecified atom stereocenters. The average molecular weight is 217 g/mol. The third kappa shape index (κ3) is 1.59. The van der Waals surface area contributed by atoms with Crippen molar-refractivity contribution >= 4 is 5.82 Å². The second-order valence-corrected chi connectivity index (χ2v) is 5.12. The molecule has 3 heterocycles. The fourth-order valence-corrected chi connectivity index (χ4v) is 2.95. The van der Waals surface area contributed by atoms with Gasteiger partial charge in [0, 0.05) is 24.8 Å². The predicted molar refractivity (Wildman–Crippen MR) is 65.8 cm³/mol. The third-order valence-corrected chi connectivity index (χ3v) is 3.80. The van der Waals surface area contributed by atoms with Gasteiger partial charge in [0.1, 0.15) is 5.82 Å². The van der Waals surface area contributed by atoms with E-state index in [0.717, 1.165) is 18.2 Å². The number of pyridine rings is 1. The summed E-state index contributed by atoms with van der Waals surface area (Å²) >= 11 is 0. The second-order valence-electron chi connectivity index (χ2n) is 5.12. The fraction of sp³-hybridized carbons (Fsp3) is 0.615. The molecule has 0 amide bonds. The molecule has 2 saturated heterocycles. The number of anilines is 1. The molecule has 0 aromatic carbocycles. The topological polar surface area (TPSA) is 28.2 Å². The highest BCUT2D eigenvalue weighted by Crippen LogP contribution is 2.33. The quantitative estimate of drug-likeness (QED) is 0.772. The normalized spacial score (nSPS) is 28.5. The van der Waals surface area contributed by atoms with Gasteiger partial charge in [0.15, 0.2) is 0 Å². The van der Waals surface area contributed by atoms with Crippen LogP contribution < -0.4 is 10.2 Å². The number of piperidine rings is 1. The van der Waals surface area contributed by atoms with Crippen molar-refractivity contribution in [2.24, 2.45) is 5.92 Å². The summed E-state index contributed by atoms with van der Waals surface area (Å²) in [4.78, 5) is 7.10. The van der Waals surface area contributed by atoms with E-state index in [1.807, 2.05) is 0 Å². The van der Waals surface area contributed by atoms with Gasteiger partial charge in [0.25, 0.3) is 0 Å². The van der Waals surface area contributed by atoms with Crippen LogP contribution in [0.15, 0.2) is 12.1 Å². The van der Waals surface area contributed by atoms with Crippen molar-refractivity contribution in [2.75, 3.05) is 24.5 Å². The van der Waals surface area contributed by atoms with E-state index < -0.39 is 0 Å². The molecule has 0 saturated carbocycles. The number of aromatic nitrogens is 1. The molecule has 16 heavy (non-hydrogen) atoms. The van der Waals surface area contributed by atoms with Crippen LogP contribution in [0.1, 0.15) is 17.7 Å². The number of rotatable bonds is 1. The minimum absolute atomic E-state index is 0.683. The van der Waals surface area contributed by atoms with Crippen LogP contribution in [0, 0.1) is 19.8 Å². The zero-order valence-corrected chi connectivity index (χ0v) is 10.0. The zero-order chi connectivity index (χ0) is 11.1. The minimum Gasteiger partial charge on any atom is -0.352 e. The smallest absolute Gasteiger partial charge is 0.129 e. The summed E-state index contributed by atoms with van der Waals surface area (Å²) in [6.07, 6.45) is 1.33. The lowest BCUT2D eigenvalue weighted by atomic mass is 9.83. The molecule has 2 aliphatic heterocycles. The van der Waals surface area contributed by atoms with E-state index in [1.54, 1.807) is 0 Å². The lowest BCUT2D eigenvalue weighted by molar-refractivity contribution is 0.227. The summed E-state index contributed by atoms with van der Waals surface area (Å²) in [5.74, 6) is 2.06. The molecule has 3 nitrogen and oxygen atoms in total. The van der Waals surface area contributed by atoms with Crippen LogP contribution in [0.3, 0.4) is 0 Å². The Balaban J connectivity index is 1.82. The highest BCUT2D eigenvalue weighted by atomic mass is 15.3. The Morgan fingerprint density at radius 2 is 2.25 bits per heavy atom. The molecular formula is C13H19N3. The zero-order valence-electron chi connectivity index (χ0n) is 10.0. The third-order valence-electron chi connectivity index (χ3n) is 3.80. The van der Waals surface area contributed by atoms with Crippen LogP contribution in [0.25, 0.3) is 0 Å². The van der Waals surface area contributed by atoms with Gasteiger partial charge in [-0.05, 0) is 50.4 Å². The van der Waals surface area contributed by atoms with Gasteiger partial charge >= 0.3 is 0 Å². The summed E-state index contributed by atoms with van der Waals surface area (Å²) in [5.41, 5.74) is 2.44. The monoisotopic (exact) mass is 217 g/mol. The summed E-state index contributed by atoms with van der Waals surface area (Å²) in [7, 11) is 0. The number of aryl methyl sites for hydroxylation is 2. The van der Waals surface area contributed by atoms with E-state index in [9.17, 15) is 0 Å². The number of nitrogens with zero attached hydrogens (tertiary/aromatic N) is 2. The highest BCUT2D eigenvalue weighted by molar-refractivity contribution is 5.47. The molecule has 1 N–H and O–H groups in total. The van der Waals surface area contributed by atoms with Crippen LogP contribution in [0.4, 0.5) is 5.82 Å². The Kier molecular flexibility index (Phi) is 2.36. The van der Waals surface area contributed by atoms with Crippen molar-refractivity contribution in [1.82, 2.24) is 10.3 Å². The van der Waals surface area contributed by atoms with Gasteiger partial charge in [-0.15, -0.1) is 0 Å². The first kappa shape index (κ1) is 10.1.